The highest BCUT2D eigenvalue weighted by Crippen LogP contribution is 2.58. The lowest BCUT2D eigenvalue weighted by molar-refractivity contribution is -0.121. The van der Waals surface area contributed by atoms with Crippen LogP contribution in [0.2, 0.25) is 0 Å². The molecule has 3 aliphatic heterocycles. The fraction of sp³-hybridized carbons (Fsp3) is 0.237. The van der Waals surface area contributed by atoms with Gasteiger partial charge in [0.2, 0.25) is 5.91 Å². The molecule has 220 valence electrons. The lowest BCUT2D eigenvalue weighted by Gasteiger charge is -2.37. The molecule has 1 spiro atoms. The van der Waals surface area contributed by atoms with E-state index < -0.39 is 23.4 Å². The molecule has 1 fully saturated rings. The van der Waals surface area contributed by atoms with Gasteiger partial charge in [0.15, 0.2) is 11.6 Å². The largest absolute Gasteiger partial charge is 0.352 e. The molecule has 7 rings (SSSR count). The lowest BCUT2D eigenvalue weighted by Crippen LogP contribution is -2.55. The van der Waals surface area contributed by atoms with Crippen LogP contribution >= 0.6 is 15.9 Å². The fourth-order valence-electron chi connectivity index (χ4n) is 7.50. The van der Waals surface area contributed by atoms with E-state index in [1.165, 1.54) is 12.0 Å². The molecule has 3 aliphatic rings. The molecule has 0 saturated carbocycles. The average molecular weight is 646 g/mol. The van der Waals surface area contributed by atoms with Crippen LogP contribution in [-0.2, 0) is 16.6 Å². The molecule has 0 aliphatic carbocycles. The molecule has 1 unspecified atom stereocenters. The Morgan fingerprint density at radius 1 is 0.841 bits per heavy atom. The third-order valence-electron chi connectivity index (χ3n) is 9.51. The van der Waals surface area contributed by atoms with Gasteiger partial charge in [-0.15, -0.1) is 0 Å². The molecule has 4 atom stereocenters. The van der Waals surface area contributed by atoms with Gasteiger partial charge < -0.3 is 10.2 Å². The highest BCUT2D eigenvalue weighted by atomic mass is 79.9. The summed E-state index contributed by atoms with van der Waals surface area (Å²) in [7, 11) is 0. The molecule has 0 bridgehead atoms. The Labute approximate surface area is 266 Å². The lowest BCUT2D eigenvalue weighted by atomic mass is 9.63. The quantitative estimate of drug-likeness (QED) is 0.156. The van der Waals surface area contributed by atoms with E-state index in [0.717, 1.165) is 35.0 Å². The maximum Gasteiger partial charge on any atom is 0.238 e. The van der Waals surface area contributed by atoms with Crippen LogP contribution in [0.5, 0.6) is 0 Å². The first-order chi connectivity index (χ1) is 21.4. The number of rotatable bonds is 8. The number of aryl methyl sites for hydroxylation is 1. The van der Waals surface area contributed by atoms with Crippen molar-refractivity contribution in [2.75, 3.05) is 10.2 Å². The van der Waals surface area contributed by atoms with Crippen LogP contribution < -0.4 is 10.2 Å². The third-order valence-corrected chi connectivity index (χ3v) is 10.0. The molecule has 1 saturated heterocycles. The summed E-state index contributed by atoms with van der Waals surface area (Å²) in [5.74, 6) is -1.49. The number of carbonyl (C=O) groups excluding carboxylic acids is 3. The molecule has 1 N–H and O–H groups in total. The molecule has 0 aromatic heterocycles. The summed E-state index contributed by atoms with van der Waals surface area (Å²) in [5.41, 5.74) is 3.90. The SMILES string of the molecule is CCCCCc1ccc(C(=O)[C@H]2C3C=Cc4ccccc4N3[C@@H](C(=O)c3ccc(Br)cc3)[C@@]23C(=O)Nc2ccccc23)cc1. The number of carbonyl (C=O) groups is 3. The minimum atomic E-state index is -1.45. The van der Waals surface area contributed by atoms with Crippen molar-refractivity contribution in [1.29, 1.82) is 0 Å². The van der Waals surface area contributed by atoms with Gasteiger partial charge in [-0.25, -0.2) is 0 Å². The van der Waals surface area contributed by atoms with Crippen LogP contribution in [0.1, 0.15) is 63.6 Å². The predicted molar refractivity (Wildman–Crippen MR) is 178 cm³/mol. The van der Waals surface area contributed by atoms with E-state index in [1.807, 2.05) is 102 Å². The van der Waals surface area contributed by atoms with Crippen molar-refractivity contribution < 1.29 is 14.4 Å². The zero-order valence-corrected chi connectivity index (χ0v) is 26.1. The molecule has 1 amide bonds. The van der Waals surface area contributed by atoms with Crippen LogP contribution in [0, 0.1) is 5.92 Å². The van der Waals surface area contributed by atoms with Crippen LogP contribution in [-0.4, -0.2) is 29.6 Å². The Balaban J connectivity index is 1.44. The molecule has 0 radical (unpaired) electrons. The van der Waals surface area contributed by atoms with Crippen molar-refractivity contribution >= 4 is 50.9 Å². The van der Waals surface area contributed by atoms with Crippen molar-refractivity contribution in [2.24, 2.45) is 5.92 Å². The van der Waals surface area contributed by atoms with Crippen LogP contribution in [0.3, 0.4) is 0 Å². The van der Waals surface area contributed by atoms with E-state index >= 15 is 0 Å². The van der Waals surface area contributed by atoms with Gasteiger partial charge >= 0.3 is 0 Å². The van der Waals surface area contributed by atoms with Crippen LogP contribution in [0.25, 0.3) is 6.08 Å². The van der Waals surface area contributed by atoms with Crippen molar-refractivity contribution in [3.05, 3.63) is 135 Å². The summed E-state index contributed by atoms with van der Waals surface area (Å²) < 4.78 is 0.856. The number of para-hydroxylation sites is 2. The van der Waals surface area contributed by atoms with Crippen molar-refractivity contribution in [2.45, 2.75) is 50.1 Å². The van der Waals surface area contributed by atoms with Gasteiger partial charge in [0.1, 0.15) is 11.5 Å². The number of Topliss-reactive ketones (excluding diaryl/α,β-unsaturated/α-hetero) is 2. The monoisotopic (exact) mass is 644 g/mol. The number of benzene rings is 4. The van der Waals surface area contributed by atoms with E-state index in [4.69, 9.17) is 0 Å². The number of nitrogens with zero attached hydrogens (tertiary/aromatic N) is 1. The minimum Gasteiger partial charge on any atom is -0.352 e. The zero-order chi connectivity index (χ0) is 30.4. The maximum absolute atomic E-state index is 14.9. The number of fused-ring (bicyclic) bond motifs is 5. The van der Waals surface area contributed by atoms with Crippen molar-refractivity contribution in [1.82, 2.24) is 0 Å². The first kappa shape index (κ1) is 28.5. The normalized spacial score (nSPS) is 22.8. The van der Waals surface area contributed by atoms with Crippen molar-refractivity contribution in [3.63, 3.8) is 0 Å². The number of anilines is 2. The number of unbranched alkanes of at least 4 members (excludes halogenated alkanes) is 2. The van der Waals surface area contributed by atoms with Gasteiger partial charge in [0.05, 0.1) is 12.0 Å². The molecule has 4 aromatic rings. The van der Waals surface area contributed by atoms with Gasteiger partial charge in [-0.1, -0.05) is 121 Å². The summed E-state index contributed by atoms with van der Waals surface area (Å²) in [6.07, 6.45) is 8.41. The number of hydrogen-bond acceptors (Lipinski definition) is 4. The second kappa shape index (κ2) is 11.3. The third kappa shape index (κ3) is 4.38. The molecule has 4 aromatic carbocycles. The Kier molecular flexibility index (Phi) is 7.33. The fourth-order valence-corrected chi connectivity index (χ4v) is 7.77. The van der Waals surface area contributed by atoms with Crippen molar-refractivity contribution in [3.8, 4) is 0 Å². The molecular formula is C38H33BrN2O3. The summed E-state index contributed by atoms with van der Waals surface area (Å²) in [6, 6.07) is 29.0. The summed E-state index contributed by atoms with van der Waals surface area (Å²) in [5, 5.41) is 3.08. The number of halogens is 1. The molecule has 3 heterocycles. The van der Waals surface area contributed by atoms with E-state index in [9.17, 15) is 14.4 Å². The molecule has 44 heavy (non-hydrogen) atoms. The number of hydrogen-bond donors (Lipinski definition) is 1. The predicted octanol–water partition coefficient (Wildman–Crippen LogP) is 8.04. The Hall–Kier alpha value is -4.29. The maximum atomic E-state index is 14.9. The first-order valence-corrected chi connectivity index (χ1v) is 16.1. The minimum absolute atomic E-state index is 0.137. The number of ketones is 2. The number of nitrogens with one attached hydrogen (secondary N) is 1. The van der Waals surface area contributed by atoms with Crippen LogP contribution in [0.4, 0.5) is 11.4 Å². The topological polar surface area (TPSA) is 66.5 Å². The highest BCUT2D eigenvalue weighted by Gasteiger charge is 2.70. The van der Waals surface area contributed by atoms with Gasteiger partial charge in [0.25, 0.3) is 0 Å². The standard InChI is InChI=1S/C38H33BrN2O3/c1-2-3-4-9-24-14-16-26(17-15-24)34(42)33-32-23-20-25-10-5-8-13-31(25)41(32)36(35(43)27-18-21-28(39)22-19-27)38(33)29-11-6-7-12-30(29)40-37(38)44/h5-8,10-23,32-33,36H,2-4,9H2,1H3,(H,40,44)/t32?,33-,36+,38+/m1/s1. The van der Waals surface area contributed by atoms with E-state index in [0.29, 0.717) is 22.4 Å². The van der Waals surface area contributed by atoms with Gasteiger partial charge in [0, 0.05) is 27.0 Å². The highest BCUT2D eigenvalue weighted by molar-refractivity contribution is 9.10. The van der Waals surface area contributed by atoms with Crippen LogP contribution in [0.15, 0.2) is 108 Å². The van der Waals surface area contributed by atoms with Gasteiger partial charge in [-0.3, -0.25) is 14.4 Å². The summed E-state index contributed by atoms with van der Waals surface area (Å²) in [6.45, 7) is 2.19. The second-order valence-electron chi connectivity index (χ2n) is 12.0. The zero-order valence-electron chi connectivity index (χ0n) is 24.5. The molecular weight excluding hydrogens is 612 g/mol. The summed E-state index contributed by atoms with van der Waals surface area (Å²) >= 11 is 3.48. The smallest absolute Gasteiger partial charge is 0.238 e. The van der Waals surface area contributed by atoms with E-state index in [1.54, 1.807) is 12.1 Å². The first-order valence-electron chi connectivity index (χ1n) is 15.3. The van der Waals surface area contributed by atoms with Gasteiger partial charge in [-0.2, -0.15) is 0 Å². The second-order valence-corrected chi connectivity index (χ2v) is 12.9. The Morgan fingerprint density at radius 2 is 1.52 bits per heavy atom. The Morgan fingerprint density at radius 3 is 2.30 bits per heavy atom. The van der Waals surface area contributed by atoms with Gasteiger partial charge in [-0.05, 0) is 53.8 Å². The molecule has 6 heteroatoms. The number of amides is 1. The molecule has 5 nitrogen and oxygen atoms in total. The summed E-state index contributed by atoms with van der Waals surface area (Å²) in [4.78, 5) is 46.4. The van der Waals surface area contributed by atoms with E-state index in [2.05, 4.69) is 28.2 Å². The average Bonchev–Trinajstić information content (AvgIpc) is 3.53. The Bertz CT molecular complexity index is 1800. The van der Waals surface area contributed by atoms with E-state index in [-0.39, 0.29) is 17.5 Å².